The summed E-state index contributed by atoms with van der Waals surface area (Å²) < 4.78 is 10.8. The fraction of sp³-hybridized carbons (Fsp3) is 0.261. The Morgan fingerprint density at radius 3 is 2.23 bits per heavy atom. The van der Waals surface area contributed by atoms with E-state index in [1.54, 1.807) is 7.11 Å². The molecule has 1 aliphatic heterocycles. The number of carbonyl (C=O) groups is 1. The highest BCUT2D eigenvalue weighted by molar-refractivity contribution is 5.78. The Morgan fingerprint density at radius 2 is 1.60 bits per heavy atom. The molecule has 2 aromatic carbocycles. The fourth-order valence-corrected chi connectivity index (χ4v) is 3.35. The molecule has 1 amide bonds. The van der Waals surface area contributed by atoms with Crippen LogP contribution in [0.15, 0.2) is 66.7 Å². The summed E-state index contributed by atoms with van der Waals surface area (Å²) in [5, 5.41) is 8.75. The molecule has 0 unspecified atom stereocenters. The van der Waals surface area contributed by atoms with Crippen LogP contribution in [0.3, 0.4) is 0 Å². The van der Waals surface area contributed by atoms with Crippen LogP contribution in [0.2, 0.25) is 0 Å². The maximum atomic E-state index is 12.4. The van der Waals surface area contributed by atoms with Crippen LogP contribution in [0.5, 0.6) is 11.5 Å². The lowest BCUT2D eigenvalue weighted by atomic mass is 10.1. The van der Waals surface area contributed by atoms with Crippen molar-refractivity contribution >= 4 is 11.7 Å². The van der Waals surface area contributed by atoms with E-state index >= 15 is 0 Å². The Labute approximate surface area is 175 Å². The first kappa shape index (κ1) is 19.7. The van der Waals surface area contributed by atoms with Crippen molar-refractivity contribution in [3.05, 3.63) is 66.7 Å². The SMILES string of the molecule is COc1ccc(-c2ccc(N3CCN(C(=O)COc4ccccc4)CC3)nn2)cc1. The molecule has 0 N–H and O–H groups in total. The lowest BCUT2D eigenvalue weighted by Gasteiger charge is -2.35. The van der Waals surface area contributed by atoms with Crippen molar-refractivity contribution in [3.63, 3.8) is 0 Å². The first-order valence-electron chi connectivity index (χ1n) is 9.91. The van der Waals surface area contributed by atoms with Gasteiger partial charge in [-0.25, -0.2) is 0 Å². The van der Waals surface area contributed by atoms with Crippen LogP contribution in [-0.2, 0) is 4.79 Å². The Hall–Kier alpha value is -3.61. The molecule has 0 atom stereocenters. The van der Waals surface area contributed by atoms with Gasteiger partial charge in [0.25, 0.3) is 5.91 Å². The number of para-hydroxylation sites is 1. The minimum atomic E-state index is -0.000518. The number of piperazine rings is 1. The number of carbonyl (C=O) groups excluding carboxylic acids is 1. The molecule has 2 heterocycles. The molecule has 0 aliphatic carbocycles. The average Bonchev–Trinajstić information content (AvgIpc) is 2.83. The zero-order valence-corrected chi connectivity index (χ0v) is 16.9. The molecule has 154 valence electrons. The van der Waals surface area contributed by atoms with Crippen molar-refractivity contribution in [3.8, 4) is 22.8 Å². The number of benzene rings is 2. The molecule has 0 saturated carbocycles. The minimum Gasteiger partial charge on any atom is -0.497 e. The molecule has 3 aromatic rings. The third kappa shape index (κ3) is 4.68. The summed E-state index contributed by atoms with van der Waals surface area (Å²) in [6.45, 7) is 2.76. The maximum absolute atomic E-state index is 12.4. The number of rotatable bonds is 6. The van der Waals surface area contributed by atoms with Crippen LogP contribution < -0.4 is 14.4 Å². The fourth-order valence-electron chi connectivity index (χ4n) is 3.35. The van der Waals surface area contributed by atoms with Crippen LogP contribution in [0.4, 0.5) is 5.82 Å². The molecule has 1 aromatic heterocycles. The van der Waals surface area contributed by atoms with Crippen LogP contribution in [0.1, 0.15) is 0 Å². The highest BCUT2D eigenvalue weighted by atomic mass is 16.5. The van der Waals surface area contributed by atoms with Gasteiger partial charge < -0.3 is 19.3 Å². The predicted molar refractivity (Wildman–Crippen MR) is 115 cm³/mol. The first-order chi connectivity index (χ1) is 14.7. The van der Waals surface area contributed by atoms with E-state index in [1.165, 1.54) is 0 Å². The van der Waals surface area contributed by atoms with E-state index in [-0.39, 0.29) is 12.5 Å². The molecule has 0 radical (unpaired) electrons. The summed E-state index contributed by atoms with van der Waals surface area (Å²) in [6.07, 6.45) is 0. The van der Waals surface area contributed by atoms with Crippen molar-refractivity contribution in [1.82, 2.24) is 15.1 Å². The largest absolute Gasteiger partial charge is 0.497 e. The van der Waals surface area contributed by atoms with E-state index in [9.17, 15) is 4.79 Å². The van der Waals surface area contributed by atoms with Crippen molar-refractivity contribution in [2.45, 2.75) is 0 Å². The zero-order valence-electron chi connectivity index (χ0n) is 16.9. The number of nitrogens with zero attached hydrogens (tertiary/aromatic N) is 4. The Balaban J connectivity index is 1.29. The molecule has 7 nitrogen and oxygen atoms in total. The van der Waals surface area contributed by atoms with Crippen molar-refractivity contribution in [1.29, 1.82) is 0 Å². The molecule has 4 rings (SSSR count). The highest BCUT2D eigenvalue weighted by Gasteiger charge is 2.22. The standard InChI is InChI=1S/C23H24N4O3/c1-29-19-9-7-18(8-10-19)21-11-12-22(25-24-21)26-13-15-27(16-14-26)23(28)17-30-20-5-3-2-4-6-20/h2-12H,13-17H2,1H3. The second kappa shape index (κ2) is 9.26. The van der Waals surface area contributed by atoms with Crippen LogP contribution >= 0.6 is 0 Å². The van der Waals surface area contributed by atoms with Gasteiger partial charge in [0.2, 0.25) is 0 Å². The van der Waals surface area contributed by atoms with Gasteiger partial charge in [0.05, 0.1) is 12.8 Å². The van der Waals surface area contributed by atoms with Gasteiger partial charge in [-0.1, -0.05) is 18.2 Å². The topological polar surface area (TPSA) is 67.8 Å². The molecular weight excluding hydrogens is 380 g/mol. The lowest BCUT2D eigenvalue weighted by Crippen LogP contribution is -2.50. The first-order valence-corrected chi connectivity index (χ1v) is 9.91. The van der Waals surface area contributed by atoms with Gasteiger partial charge in [-0.2, -0.15) is 0 Å². The highest BCUT2D eigenvalue weighted by Crippen LogP contribution is 2.22. The number of amides is 1. The van der Waals surface area contributed by atoms with E-state index in [2.05, 4.69) is 15.1 Å². The van der Waals surface area contributed by atoms with Gasteiger partial charge in [0.1, 0.15) is 11.5 Å². The number of ether oxygens (including phenoxy) is 2. The lowest BCUT2D eigenvalue weighted by molar-refractivity contribution is -0.133. The van der Waals surface area contributed by atoms with Crippen LogP contribution in [0.25, 0.3) is 11.3 Å². The number of methoxy groups -OCH3 is 1. The van der Waals surface area contributed by atoms with E-state index in [4.69, 9.17) is 9.47 Å². The molecule has 1 fully saturated rings. The number of hydrogen-bond donors (Lipinski definition) is 0. The molecular formula is C23H24N4O3. The molecule has 1 saturated heterocycles. The van der Waals surface area contributed by atoms with Crippen molar-refractivity contribution in [2.75, 3.05) is 44.8 Å². The van der Waals surface area contributed by atoms with E-state index < -0.39 is 0 Å². The van der Waals surface area contributed by atoms with Gasteiger partial charge in [-0.05, 0) is 48.5 Å². The zero-order chi connectivity index (χ0) is 20.8. The number of anilines is 1. The van der Waals surface area contributed by atoms with Gasteiger partial charge in [-0.3, -0.25) is 4.79 Å². The molecule has 7 heteroatoms. The van der Waals surface area contributed by atoms with E-state index in [0.29, 0.717) is 31.9 Å². The summed E-state index contributed by atoms with van der Waals surface area (Å²) in [5.74, 6) is 2.33. The third-order valence-electron chi connectivity index (χ3n) is 5.10. The smallest absolute Gasteiger partial charge is 0.260 e. The second-order valence-corrected chi connectivity index (χ2v) is 6.97. The molecule has 30 heavy (non-hydrogen) atoms. The quantitative estimate of drug-likeness (QED) is 0.629. The summed E-state index contributed by atoms with van der Waals surface area (Å²) >= 11 is 0. The second-order valence-electron chi connectivity index (χ2n) is 6.97. The average molecular weight is 404 g/mol. The van der Waals surface area contributed by atoms with Crippen LogP contribution in [0, 0.1) is 0 Å². The predicted octanol–water partition coefficient (Wildman–Crippen LogP) is 2.88. The Kier molecular flexibility index (Phi) is 6.08. The van der Waals surface area contributed by atoms with Crippen molar-refractivity contribution in [2.24, 2.45) is 0 Å². The molecule has 1 aliphatic rings. The Morgan fingerprint density at radius 1 is 0.867 bits per heavy atom. The summed E-state index contributed by atoms with van der Waals surface area (Å²) in [6, 6.07) is 21.1. The van der Waals surface area contributed by atoms with Crippen molar-refractivity contribution < 1.29 is 14.3 Å². The maximum Gasteiger partial charge on any atom is 0.260 e. The number of aromatic nitrogens is 2. The van der Waals surface area contributed by atoms with Gasteiger partial charge in [-0.15, -0.1) is 10.2 Å². The molecule has 0 spiro atoms. The van der Waals surface area contributed by atoms with Crippen LogP contribution in [-0.4, -0.2) is 60.9 Å². The summed E-state index contributed by atoms with van der Waals surface area (Å²) in [4.78, 5) is 16.4. The normalized spacial score (nSPS) is 13.8. The van der Waals surface area contributed by atoms with Gasteiger partial charge in [0, 0.05) is 31.7 Å². The van der Waals surface area contributed by atoms with E-state index in [1.807, 2.05) is 71.6 Å². The monoisotopic (exact) mass is 404 g/mol. The summed E-state index contributed by atoms with van der Waals surface area (Å²) in [5.41, 5.74) is 1.80. The van der Waals surface area contributed by atoms with Gasteiger partial charge in [0.15, 0.2) is 12.4 Å². The van der Waals surface area contributed by atoms with Gasteiger partial charge >= 0.3 is 0 Å². The number of hydrogen-bond acceptors (Lipinski definition) is 6. The Bertz CT molecular complexity index is 954. The third-order valence-corrected chi connectivity index (χ3v) is 5.10. The minimum absolute atomic E-state index is 0.000518. The van der Waals surface area contributed by atoms with E-state index in [0.717, 1.165) is 22.8 Å². The summed E-state index contributed by atoms with van der Waals surface area (Å²) in [7, 11) is 1.65. The molecule has 0 bridgehead atoms.